The van der Waals surface area contributed by atoms with Crippen molar-refractivity contribution in [2.24, 2.45) is 5.73 Å². The molecule has 1 saturated heterocycles. The predicted octanol–water partition coefficient (Wildman–Crippen LogP) is 1.94. The highest BCUT2D eigenvalue weighted by molar-refractivity contribution is 5.96. The van der Waals surface area contributed by atoms with Gasteiger partial charge in [-0.25, -0.2) is 0 Å². The van der Waals surface area contributed by atoms with Gasteiger partial charge in [0.2, 0.25) is 11.8 Å². The molecule has 7 heteroatoms. The second kappa shape index (κ2) is 11.1. The number of nitrogens with one attached hydrogen (secondary N) is 1. The molecule has 1 aromatic carbocycles. The summed E-state index contributed by atoms with van der Waals surface area (Å²) in [7, 11) is 0. The van der Waals surface area contributed by atoms with Crippen LogP contribution in [0.4, 0.5) is 5.69 Å². The maximum Gasteiger partial charge on any atom is 0.248 e. The summed E-state index contributed by atoms with van der Waals surface area (Å²) in [5.41, 5.74) is 6.32. The molecule has 1 fully saturated rings. The topological polar surface area (TPSA) is 87.9 Å². The molecule has 1 aliphatic heterocycles. The lowest BCUT2D eigenvalue weighted by atomic mass is 10.1. The number of nitrogens with two attached hydrogens (primary N) is 1. The van der Waals surface area contributed by atoms with Crippen LogP contribution in [0.2, 0.25) is 0 Å². The molecule has 156 valence electrons. The fraction of sp³-hybridized carbons (Fsp3) is 0.619. The molecule has 1 aliphatic rings. The van der Waals surface area contributed by atoms with Gasteiger partial charge in [-0.05, 0) is 57.1 Å². The van der Waals surface area contributed by atoms with E-state index in [0.29, 0.717) is 11.3 Å². The minimum absolute atomic E-state index is 0.0484. The molecule has 0 spiro atoms. The van der Waals surface area contributed by atoms with Gasteiger partial charge in [0.05, 0.1) is 18.8 Å². The van der Waals surface area contributed by atoms with E-state index < -0.39 is 5.91 Å². The van der Waals surface area contributed by atoms with Gasteiger partial charge >= 0.3 is 0 Å². The van der Waals surface area contributed by atoms with Crippen LogP contribution in [0, 0.1) is 0 Å². The predicted molar refractivity (Wildman–Crippen MR) is 111 cm³/mol. The summed E-state index contributed by atoms with van der Waals surface area (Å²) in [5.74, 6) is -0.527. The van der Waals surface area contributed by atoms with E-state index in [1.54, 1.807) is 24.3 Å². The molecule has 2 rings (SSSR count). The molecular weight excluding hydrogens is 356 g/mol. The molecule has 1 atom stereocenters. The summed E-state index contributed by atoms with van der Waals surface area (Å²) in [6.07, 6.45) is 2.18. The van der Waals surface area contributed by atoms with E-state index in [1.165, 1.54) is 0 Å². The Kier molecular flexibility index (Phi) is 8.89. The van der Waals surface area contributed by atoms with Gasteiger partial charge in [0.15, 0.2) is 0 Å². The lowest BCUT2D eigenvalue weighted by Crippen LogP contribution is -2.47. The van der Waals surface area contributed by atoms with Gasteiger partial charge in [-0.2, -0.15) is 0 Å². The van der Waals surface area contributed by atoms with Gasteiger partial charge < -0.3 is 20.7 Å². The third kappa shape index (κ3) is 6.58. The molecule has 28 heavy (non-hydrogen) atoms. The second-order valence-electron chi connectivity index (χ2n) is 7.24. The number of likely N-dealkylation sites (N-methyl/N-ethyl adjacent to an activating group) is 1. The number of rotatable bonds is 10. The average molecular weight is 391 g/mol. The molecule has 0 unspecified atom stereocenters. The quantitative estimate of drug-likeness (QED) is 0.637. The van der Waals surface area contributed by atoms with Crippen molar-refractivity contribution < 1.29 is 14.3 Å². The number of amides is 2. The Morgan fingerprint density at radius 2 is 1.82 bits per heavy atom. The number of nitrogens with zero attached hydrogens (tertiary/aromatic N) is 2. The summed E-state index contributed by atoms with van der Waals surface area (Å²) < 4.78 is 6.03. The van der Waals surface area contributed by atoms with Gasteiger partial charge in [-0.1, -0.05) is 13.8 Å². The first-order chi connectivity index (χ1) is 13.4. The third-order valence-corrected chi connectivity index (χ3v) is 5.50. The molecule has 3 N–H and O–H groups in total. The van der Waals surface area contributed by atoms with E-state index >= 15 is 0 Å². The minimum atomic E-state index is -0.478. The first kappa shape index (κ1) is 22.3. The Hall–Kier alpha value is -1.96. The summed E-state index contributed by atoms with van der Waals surface area (Å²) >= 11 is 0. The second-order valence-corrected chi connectivity index (χ2v) is 7.24. The number of ether oxygens (including phenoxy) is 1. The van der Waals surface area contributed by atoms with Crippen molar-refractivity contribution in [3.63, 3.8) is 0 Å². The summed E-state index contributed by atoms with van der Waals surface area (Å²) in [5, 5.41) is 2.91. The maximum absolute atomic E-state index is 12.5. The summed E-state index contributed by atoms with van der Waals surface area (Å²) in [4.78, 5) is 28.2. The molecule has 1 aromatic rings. The van der Waals surface area contributed by atoms with Crippen LogP contribution >= 0.6 is 0 Å². The Bertz CT molecular complexity index is 623. The minimum Gasteiger partial charge on any atom is -0.377 e. The van der Waals surface area contributed by atoms with E-state index in [9.17, 15) is 9.59 Å². The number of hydrogen-bond acceptors (Lipinski definition) is 5. The number of carbonyl (C=O) groups is 2. The van der Waals surface area contributed by atoms with Gasteiger partial charge in [0, 0.05) is 30.9 Å². The van der Waals surface area contributed by atoms with E-state index in [2.05, 4.69) is 29.0 Å². The van der Waals surface area contributed by atoms with Gasteiger partial charge in [0.1, 0.15) is 0 Å². The molecule has 2 amide bonds. The molecule has 1 heterocycles. The number of carbonyl (C=O) groups excluding carboxylic acids is 2. The monoisotopic (exact) mass is 390 g/mol. The summed E-state index contributed by atoms with van der Waals surface area (Å²) in [6.45, 7) is 11.8. The van der Waals surface area contributed by atoms with Crippen LogP contribution in [-0.2, 0) is 9.53 Å². The molecule has 7 nitrogen and oxygen atoms in total. The molecule has 0 saturated carbocycles. The van der Waals surface area contributed by atoms with Crippen LogP contribution in [0.3, 0.4) is 0 Å². The Balaban J connectivity index is 1.74. The van der Waals surface area contributed by atoms with Crippen LogP contribution in [-0.4, -0.2) is 73.1 Å². The Labute approximate surface area is 168 Å². The Morgan fingerprint density at radius 3 is 2.36 bits per heavy atom. The van der Waals surface area contributed by atoms with Crippen molar-refractivity contribution in [2.75, 3.05) is 44.6 Å². The van der Waals surface area contributed by atoms with E-state index in [1.807, 2.05) is 6.92 Å². The molecule has 0 aliphatic carbocycles. The van der Waals surface area contributed by atoms with Crippen LogP contribution in [0.1, 0.15) is 44.0 Å². The van der Waals surface area contributed by atoms with Gasteiger partial charge in [-0.15, -0.1) is 0 Å². The van der Waals surface area contributed by atoms with Crippen molar-refractivity contribution in [3.8, 4) is 0 Å². The molecular formula is C21H34N4O3. The largest absolute Gasteiger partial charge is 0.377 e. The van der Waals surface area contributed by atoms with Crippen molar-refractivity contribution in [1.29, 1.82) is 0 Å². The van der Waals surface area contributed by atoms with Crippen molar-refractivity contribution in [2.45, 2.75) is 45.8 Å². The number of anilines is 1. The average Bonchev–Trinajstić information content (AvgIpc) is 2.71. The number of hydrogen-bond donors (Lipinski definition) is 2. The first-order valence-corrected chi connectivity index (χ1v) is 10.2. The fourth-order valence-corrected chi connectivity index (χ4v) is 3.45. The Morgan fingerprint density at radius 1 is 1.21 bits per heavy atom. The zero-order valence-corrected chi connectivity index (χ0v) is 17.3. The number of likely N-dealkylation sites (tertiary alicyclic amines) is 1. The first-order valence-electron chi connectivity index (χ1n) is 10.2. The summed E-state index contributed by atoms with van der Waals surface area (Å²) in [6, 6.07) is 6.40. The lowest BCUT2D eigenvalue weighted by Gasteiger charge is -2.35. The van der Waals surface area contributed by atoms with Crippen LogP contribution in [0.15, 0.2) is 24.3 Å². The zero-order chi connectivity index (χ0) is 20.5. The van der Waals surface area contributed by atoms with Crippen molar-refractivity contribution >= 4 is 17.5 Å². The highest BCUT2D eigenvalue weighted by Gasteiger charge is 2.27. The SMILES string of the molecule is CCN(CC)CCOC1CCN([C@@H](C)C(=O)Nc2ccc(C(N)=O)cc2)CC1. The van der Waals surface area contributed by atoms with E-state index in [-0.39, 0.29) is 18.1 Å². The molecule has 0 bridgehead atoms. The lowest BCUT2D eigenvalue weighted by molar-refractivity contribution is -0.121. The van der Waals surface area contributed by atoms with Crippen LogP contribution in [0.5, 0.6) is 0 Å². The standard InChI is InChI=1S/C21H34N4O3/c1-4-24(5-2)14-15-28-19-10-12-25(13-11-19)16(3)21(27)23-18-8-6-17(7-9-18)20(22)26/h6-9,16,19H,4-5,10-15H2,1-3H3,(H2,22,26)(H,23,27)/t16-/m0/s1. The number of primary amides is 1. The number of benzene rings is 1. The zero-order valence-electron chi connectivity index (χ0n) is 17.3. The van der Waals surface area contributed by atoms with Crippen molar-refractivity contribution in [1.82, 2.24) is 9.80 Å². The van der Waals surface area contributed by atoms with Crippen molar-refractivity contribution in [3.05, 3.63) is 29.8 Å². The van der Waals surface area contributed by atoms with E-state index in [0.717, 1.165) is 52.2 Å². The highest BCUT2D eigenvalue weighted by Crippen LogP contribution is 2.17. The third-order valence-electron chi connectivity index (χ3n) is 5.50. The molecule has 0 aromatic heterocycles. The highest BCUT2D eigenvalue weighted by atomic mass is 16.5. The van der Waals surface area contributed by atoms with Crippen LogP contribution < -0.4 is 11.1 Å². The van der Waals surface area contributed by atoms with Gasteiger partial charge in [0.25, 0.3) is 0 Å². The fourth-order valence-electron chi connectivity index (χ4n) is 3.45. The number of piperidine rings is 1. The van der Waals surface area contributed by atoms with Crippen LogP contribution in [0.25, 0.3) is 0 Å². The smallest absolute Gasteiger partial charge is 0.248 e. The maximum atomic E-state index is 12.5. The molecule has 0 radical (unpaired) electrons. The normalized spacial score (nSPS) is 16.9. The van der Waals surface area contributed by atoms with Gasteiger partial charge in [-0.3, -0.25) is 14.5 Å². The van der Waals surface area contributed by atoms with E-state index in [4.69, 9.17) is 10.5 Å².